The molecule has 0 fully saturated rings. The monoisotopic (exact) mass is 277 g/mol. The Kier molecular flexibility index (Phi) is 3.42. The molecule has 0 N–H and O–H groups in total. The Morgan fingerprint density at radius 1 is 1.37 bits per heavy atom. The van der Waals surface area contributed by atoms with Gasteiger partial charge in [-0.2, -0.15) is 16.7 Å². The number of hydrogen-bond acceptors (Lipinski definition) is 6. The minimum absolute atomic E-state index is 0.489. The number of rotatable bonds is 4. The van der Waals surface area contributed by atoms with Crippen LogP contribution in [0.5, 0.6) is 5.88 Å². The molecule has 0 amide bonds. The molecule has 0 atom stereocenters. The van der Waals surface area contributed by atoms with Crippen LogP contribution in [0.25, 0.3) is 11.5 Å². The zero-order valence-corrected chi connectivity index (χ0v) is 11.8. The molecule has 5 nitrogen and oxygen atoms in total. The normalized spacial score (nSPS) is 13.6. The molecule has 0 unspecified atom stereocenters. The Morgan fingerprint density at radius 3 is 3.05 bits per heavy atom. The third kappa shape index (κ3) is 2.32. The van der Waals surface area contributed by atoms with E-state index in [-0.39, 0.29) is 0 Å². The number of fused-ring (bicyclic) bond motifs is 1. The van der Waals surface area contributed by atoms with Crippen LogP contribution in [0, 0.1) is 0 Å². The molecule has 2 aromatic rings. The third-order valence-electron chi connectivity index (χ3n) is 3.18. The number of hydrogen-bond donors (Lipinski definition) is 0. The van der Waals surface area contributed by atoms with Gasteiger partial charge in [-0.15, -0.1) is 0 Å². The fraction of sp³-hybridized carbons (Fsp3) is 0.462. The highest BCUT2D eigenvalue weighted by Crippen LogP contribution is 2.32. The van der Waals surface area contributed by atoms with Crippen molar-refractivity contribution < 1.29 is 9.26 Å². The van der Waals surface area contributed by atoms with Crippen LogP contribution in [0.15, 0.2) is 10.6 Å². The van der Waals surface area contributed by atoms with E-state index in [1.807, 2.05) is 6.26 Å². The van der Waals surface area contributed by atoms with Gasteiger partial charge < -0.3 is 9.26 Å². The van der Waals surface area contributed by atoms with Gasteiger partial charge in [-0.05, 0) is 37.1 Å². The molecule has 1 aliphatic rings. The minimum atomic E-state index is 0.489. The lowest BCUT2D eigenvalue weighted by molar-refractivity contribution is 0.389. The second-order valence-electron chi connectivity index (χ2n) is 4.45. The van der Waals surface area contributed by atoms with Gasteiger partial charge in [0, 0.05) is 5.69 Å². The summed E-state index contributed by atoms with van der Waals surface area (Å²) >= 11 is 1.66. The van der Waals surface area contributed by atoms with Gasteiger partial charge in [0.25, 0.3) is 5.89 Å². The van der Waals surface area contributed by atoms with Crippen LogP contribution in [0.4, 0.5) is 0 Å². The van der Waals surface area contributed by atoms with Gasteiger partial charge in [-0.25, -0.2) is 4.98 Å². The Labute approximate surface area is 115 Å². The average Bonchev–Trinajstić information content (AvgIpc) is 3.05. The second-order valence-corrected chi connectivity index (χ2v) is 5.32. The first kappa shape index (κ1) is 12.5. The van der Waals surface area contributed by atoms with Crippen LogP contribution in [-0.2, 0) is 18.6 Å². The van der Waals surface area contributed by atoms with Crippen LogP contribution in [0.1, 0.15) is 23.5 Å². The number of methoxy groups -OCH3 is 1. The maximum Gasteiger partial charge on any atom is 0.263 e. The molecule has 1 aliphatic carbocycles. The molecule has 3 rings (SSSR count). The van der Waals surface area contributed by atoms with Crippen LogP contribution < -0.4 is 4.74 Å². The molecule has 0 saturated heterocycles. The first-order valence-corrected chi connectivity index (χ1v) is 7.60. The van der Waals surface area contributed by atoms with Crippen molar-refractivity contribution in [3.05, 3.63) is 23.1 Å². The second kappa shape index (κ2) is 5.21. The highest BCUT2D eigenvalue weighted by Gasteiger charge is 2.21. The summed E-state index contributed by atoms with van der Waals surface area (Å²) < 4.78 is 10.7. The van der Waals surface area contributed by atoms with E-state index in [1.54, 1.807) is 18.9 Å². The van der Waals surface area contributed by atoms with Gasteiger partial charge in [0.15, 0.2) is 5.82 Å². The van der Waals surface area contributed by atoms with Gasteiger partial charge >= 0.3 is 0 Å². The van der Waals surface area contributed by atoms with Gasteiger partial charge in [0.2, 0.25) is 5.88 Å². The van der Waals surface area contributed by atoms with Gasteiger partial charge in [-0.1, -0.05) is 5.16 Å². The van der Waals surface area contributed by atoms with Crippen molar-refractivity contribution in [1.82, 2.24) is 15.1 Å². The maximum absolute atomic E-state index is 5.35. The van der Waals surface area contributed by atoms with Crippen molar-refractivity contribution in [2.45, 2.75) is 25.0 Å². The summed E-state index contributed by atoms with van der Waals surface area (Å²) in [7, 11) is 1.62. The van der Waals surface area contributed by atoms with Crippen LogP contribution in [0.3, 0.4) is 0 Å². The first-order chi connectivity index (χ1) is 9.31. The molecular weight excluding hydrogens is 262 g/mol. The van der Waals surface area contributed by atoms with Crippen LogP contribution in [-0.4, -0.2) is 28.5 Å². The molecule has 0 aliphatic heterocycles. The van der Waals surface area contributed by atoms with E-state index in [1.165, 1.54) is 5.56 Å². The number of aryl methyl sites for hydroxylation is 2. The number of aromatic nitrogens is 3. The predicted molar refractivity (Wildman–Crippen MR) is 73.3 cm³/mol. The van der Waals surface area contributed by atoms with E-state index in [0.29, 0.717) is 17.6 Å². The van der Waals surface area contributed by atoms with Gasteiger partial charge in [0.1, 0.15) is 5.56 Å². The van der Waals surface area contributed by atoms with Crippen LogP contribution in [0.2, 0.25) is 0 Å². The molecule has 0 bridgehead atoms. The van der Waals surface area contributed by atoms with E-state index in [0.717, 1.165) is 36.3 Å². The van der Waals surface area contributed by atoms with Crippen molar-refractivity contribution >= 4 is 11.8 Å². The fourth-order valence-corrected chi connectivity index (χ4v) is 2.69. The lowest BCUT2D eigenvalue weighted by atomic mass is 10.1. The molecule has 2 aromatic heterocycles. The Morgan fingerprint density at radius 2 is 2.26 bits per heavy atom. The smallest absolute Gasteiger partial charge is 0.263 e. The molecule has 0 spiro atoms. The quantitative estimate of drug-likeness (QED) is 0.855. The Hall–Kier alpha value is -1.56. The summed E-state index contributed by atoms with van der Waals surface area (Å²) in [5.41, 5.74) is 3.19. The summed E-state index contributed by atoms with van der Waals surface area (Å²) in [6.07, 6.45) is 5.24. The highest BCUT2D eigenvalue weighted by atomic mass is 32.2. The maximum atomic E-state index is 5.35. The highest BCUT2D eigenvalue weighted by molar-refractivity contribution is 7.97. The van der Waals surface area contributed by atoms with E-state index in [9.17, 15) is 0 Å². The predicted octanol–water partition coefficient (Wildman–Crippen LogP) is 2.49. The largest absolute Gasteiger partial charge is 0.480 e. The zero-order valence-electron chi connectivity index (χ0n) is 11.0. The number of nitrogens with zero attached hydrogens (tertiary/aromatic N) is 3. The Bertz CT molecular complexity index is 598. The topological polar surface area (TPSA) is 61.0 Å². The number of pyridine rings is 1. The standard InChI is InChI=1S/C13H15N3O2S/c1-17-12-9(6-8-4-3-5-10(8)14-12)13-15-11(7-19-2)16-18-13/h6H,3-5,7H2,1-2H3. The molecule has 19 heavy (non-hydrogen) atoms. The van der Waals surface area contributed by atoms with E-state index in [2.05, 4.69) is 21.2 Å². The summed E-state index contributed by atoms with van der Waals surface area (Å²) in [5, 5.41) is 3.96. The van der Waals surface area contributed by atoms with Crippen molar-refractivity contribution in [1.29, 1.82) is 0 Å². The van der Waals surface area contributed by atoms with Crippen molar-refractivity contribution in [2.75, 3.05) is 13.4 Å². The summed E-state index contributed by atoms with van der Waals surface area (Å²) in [5.74, 6) is 2.50. The van der Waals surface area contributed by atoms with E-state index in [4.69, 9.17) is 9.26 Å². The average molecular weight is 277 g/mol. The number of thioether (sulfide) groups is 1. The Balaban J connectivity index is 2.02. The van der Waals surface area contributed by atoms with Gasteiger partial charge in [0.05, 0.1) is 12.9 Å². The summed E-state index contributed by atoms with van der Waals surface area (Å²) in [4.78, 5) is 8.93. The fourth-order valence-electron chi connectivity index (χ4n) is 2.31. The molecular formula is C13H15N3O2S. The van der Waals surface area contributed by atoms with Gasteiger partial charge in [-0.3, -0.25) is 0 Å². The SMILES string of the molecule is COc1nc2c(cc1-c1nc(CSC)no1)CCC2. The van der Waals surface area contributed by atoms with Crippen LogP contribution >= 0.6 is 11.8 Å². The summed E-state index contributed by atoms with van der Waals surface area (Å²) in [6, 6.07) is 2.07. The zero-order chi connectivity index (χ0) is 13.2. The molecule has 2 heterocycles. The molecule has 100 valence electrons. The van der Waals surface area contributed by atoms with Crippen molar-refractivity contribution in [3.8, 4) is 17.3 Å². The lowest BCUT2D eigenvalue weighted by Crippen LogP contribution is -1.97. The first-order valence-electron chi connectivity index (χ1n) is 6.20. The minimum Gasteiger partial charge on any atom is -0.480 e. The molecule has 6 heteroatoms. The molecule has 0 radical (unpaired) electrons. The van der Waals surface area contributed by atoms with Crippen molar-refractivity contribution in [3.63, 3.8) is 0 Å². The lowest BCUT2D eigenvalue weighted by Gasteiger charge is -2.06. The van der Waals surface area contributed by atoms with E-state index < -0.39 is 0 Å². The summed E-state index contributed by atoms with van der Waals surface area (Å²) in [6.45, 7) is 0. The number of ether oxygens (including phenoxy) is 1. The van der Waals surface area contributed by atoms with Crippen molar-refractivity contribution in [2.24, 2.45) is 0 Å². The molecule has 0 saturated carbocycles. The third-order valence-corrected chi connectivity index (χ3v) is 3.73. The molecule has 0 aromatic carbocycles. The van der Waals surface area contributed by atoms with E-state index >= 15 is 0 Å².